The number of para-hydroxylation sites is 1. The Morgan fingerprint density at radius 2 is 1.71 bits per heavy atom. The first-order chi connectivity index (χ1) is 13.4. The van der Waals surface area contributed by atoms with Crippen molar-refractivity contribution in [2.45, 2.75) is 4.90 Å². The van der Waals surface area contributed by atoms with E-state index in [1.165, 1.54) is 28.6 Å². The summed E-state index contributed by atoms with van der Waals surface area (Å²) in [6, 6.07) is 14.7. The van der Waals surface area contributed by atoms with Gasteiger partial charge in [0.1, 0.15) is 11.8 Å². The lowest BCUT2D eigenvalue weighted by Crippen LogP contribution is -2.51. The summed E-state index contributed by atoms with van der Waals surface area (Å²) in [4.78, 5) is 14.1. The second-order valence-corrected chi connectivity index (χ2v) is 8.51. The molecule has 0 bridgehead atoms. The van der Waals surface area contributed by atoms with Gasteiger partial charge in [-0.1, -0.05) is 23.7 Å². The molecule has 1 fully saturated rings. The standard InChI is InChI=1S/C19H18ClN3O4S/c20-16-5-7-17(8-6-16)28(25,26)23-11-9-22(10-12-23)19(24)14-27-18-4-2-1-3-15(18)13-21/h1-8H,9-12,14H2. The molecular weight excluding hydrogens is 402 g/mol. The third-order valence-electron chi connectivity index (χ3n) is 4.40. The van der Waals surface area contributed by atoms with Crippen molar-refractivity contribution < 1.29 is 17.9 Å². The fraction of sp³-hybridized carbons (Fsp3) is 0.263. The number of halogens is 1. The number of amides is 1. The van der Waals surface area contributed by atoms with E-state index in [2.05, 4.69) is 0 Å². The minimum atomic E-state index is -3.62. The van der Waals surface area contributed by atoms with Crippen molar-refractivity contribution in [3.63, 3.8) is 0 Å². The first-order valence-corrected chi connectivity index (χ1v) is 10.4. The predicted octanol–water partition coefficient (Wildman–Crippen LogP) is 2.12. The topological polar surface area (TPSA) is 90.7 Å². The number of piperazine rings is 1. The Balaban J connectivity index is 1.57. The zero-order valence-corrected chi connectivity index (χ0v) is 16.5. The lowest BCUT2D eigenvalue weighted by Gasteiger charge is -2.34. The third-order valence-corrected chi connectivity index (χ3v) is 6.57. The molecule has 1 saturated heterocycles. The summed E-state index contributed by atoms with van der Waals surface area (Å²) in [6.45, 7) is 0.739. The number of carbonyl (C=O) groups is 1. The maximum absolute atomic E-state index is 12.7. The van der Waals surface area contributed by atoms with E-state index in [4.69, 9.17) is 21.6 Å². The molecule has 2 aromatic rings. The molecule has 2 aromatic carbocycles. The van der Waals surface area contributed by atoms with Crippen LogP contribution in [0.1, 0.15) is 5.56 Å². The molecular formula is C19H18ClN3O4S. The Morgan fingerprint density at radius 1 is 1.07 bits per heavy atom. The van der Waals surface area contributed by atoms with E-state index in [1.54, 1.807) is 29.2 Å². The van der Waals surface area contributed by atoms with Gasteiger partial charge in [-0.25, -0.2) is 8.42 Å². The number of carbonyl (C=O) groups excluding carboxylic acids is 1. The van der Waals surface area contributed by atoms with Crippen LogP contribution in [0.15, 0.2) is 53.4 Å². The van der Waals surface area contributed by atoms with Gasteiger partial charge in [-0.15, -0.1) is 0 Å². The Labute approximate surface area is 168 Å². The zero-order chi connectivity index (χ0) is 20.1. The molecule has 1 heterocycles. The Hall–Kier alpha value is -2.60. The van der Waals surface area contributed by atoms with E-state index < -0.39 is 10.0 Å². The summed E-state index contributed by atoms with van der Waals surface area (Å²) in [5.41, 5.74) is 0.356. The van der Waals surface area contributed by atoms with Gasteiger partial charge in [0.25, 0.3) is 5.91 Å². The van der Waals surface area contributed by atoms with E-state index in [0.29, 0.717) is 16.3 Å². The molecule has 0 N–H and O–H groups in total. The smallest absolute Gasteiger partial charge is 0.260 e. The summed E-state index contributed by atoms with van der Waals surface area (Å²) in [5, 5.41) is 9.52. The van der Waals surface area contributed by atoms with Crippen molar-refractivity contribution in [1.29, 1.82) is 5.26 Å². The van der Waals surface area contributed by atoms with E-state index in [9.17, 15) is 13.2 Å². The Kier molecular flexibility index (Phi) is 6.19. The molecule has 0 spiro atoms. The molecule has 1 aliphatic rings. The van der Waals surface area contributed by atoms with Gasteiger partial charge in [0.15, 0.2) is 6.61 Å². The summed E-state index contributed by atoms with van der Waals surface area (Å²) in [6.07, 6.45) is 0. The highest BCUT2D eigenvalue weighted by Gasteiger charge is 2.30. The first-order valence-electron chi connectivity index (χ1n) is 8.57. The number of ether oxygens (including phenoxy) is 1. The molecule has 146 valence electrons. The average Bonchev–Trinajstić information content (AvgIpc) is 2.72. The van der Waals surface area contributed by atoms with E-state index in [-0.39, 0.29) is 43.6 Å². The van der Waals surface area contributed by atoms with Crippen LogP contribution in [-0.4, -0.2) is 56.3 Å². The van der Waals surface area contributed by atoms with E-state index in [1.807, 2.05) is 6.07 Å². The second kappa shape index (κ2) is 8.61. The van der Waals surface area contributed by atoms with Crippen molar-refractivity contribution in [3.05, 3.63) is 59.1 Å². The maximum Gasteiger partial charge on any atom is 0.260 e. The van der Waals surface area contributed by atoms with Crippen LogP contribution in [-0.2, 0) is 14.8 Å². The van der Waals surface area contributed by atoms with Gasteiger partial charge < -0.3 is 9.64 Å². The number of hydrogen-bond acceptors (Lipinski definition) is 5. The minimum absolute atomic E-state index is 0.174. The molecule has 0 aliphatic carbocycles. The van der Waals surface area contributed by atoms with Crippen molar-refractivity contribution in [2.75, 3.05) is 32.8 Å². The van der Waals surface area contributed by atoms with Crippen molar-refractivity contribution in [3.8, 4) is 11.8 Å². The fourth-order valence-electron chi connectivity index (χ4n) is 2.85. The molecule has 28 heavy (non-hydrogen) atoms. The summed E-state index contributed by atoms with van der Waals surface area (Å²) in [5.74, 6) is 0.0959. The molecule has 0 atom stereocenters. The number of rotatable bonds is 5. The third kappa shape index (κ3) is 4.44. The van der Waals surface area contributed by atoms with Crippen LogP contribution >= 0.6 is 11.6 Å². The molecule has 0 radical (unpaired) electrons. The molecule has 7 nitrogen and oxygen atoms in total. The fourth-order valence-corrected chi connectivity index (χ4v) is 4.40. The molecule has 3 rings (SSSR count). The van der Waals surface area contributed by atoms with Gasteiger partial charge >= 0.3 is 0 Å². The molecule has 9 heteroatoms. The Morgan fingerprint density at radius 3 is 2.36 bits per heavy atom. The van der Waals surface area contributed by atoms with Crippen LogP contribution in [0.3, 0.4) is 0 Å². The highest BCUT2D eigenvalue weighted by molar-refractivity contribution is 7.89. The van der Waals surface area contributed by atoms with Gasteiger partial charge in [-0.05, 0) is 36.4 Å². The van der Waals surface area contributed by atoms with Gasteiger partial charge in [0, 0.05) is 31.2 Å². The SMILES string of the molecule is N#Cc1ccccc1OCC(=O)N1CCN(S(=O)(=O)c2ccc(Cl)cc2)CC1. The highest BCUT2D eigenvalue weighted by atomic mass is 35.5. The molecule has 0 aromatic heterocycles. The molecule has 1 aliphatic heterocycles. The van der Waals surface area contributed by atoms with Crippen LogP contribution < -0.4 is 4.74 Å². The second-order valence-electron chi connectivity index (χ2n) is 6.14. The molecule has 0 unspecified atom stereocenters. The van der Waals surface area contributed by atoms with Crippen LogP contribution in [0.4, 0.5) is 0 Å². The van der Waals surface area contributed by atoms with Gasteiger partial charge in [0.05, 0.1) is 10.5 Å². The number of nitrogens with zero attached hydrogens (tertiary/aromatic N) is 3. The monoisotopic (exact) mass is 419 g/mol. The van der Waals surface area contributed by atoms with Gasteiger partial charge in [0.2, 0.25) is 10.0 Å². The summed E-state index contributed by atoms with van der Waals surface area (Å²) >= 11 is 5.81. The molecule has 0 saturated carbocycles. The van der Waals surface area contributed by atoms with Crippen LogP contribution in [0.25, 0.3) is 0 Å². The lowest BCUT2D eigenvalue weighted by atomic mass is 10.2. The lowest BCUT2D eigenvalue weighted by molar-refractivity contribution is -0.134. The zero-order valence-electron chi connectivity index (χ0n) is 14.9. The van der Waals surface area contributed by atoms with E-state index in [0.717, 1.165) is 0 Å². The predicted molar refractivity (Wildman–Crippen MR) is 103 cm³/mol. The minimum Gasteiger partial charge on any atom is -0.482 e. The number of sulfonamides is 1. The summed E-state index contributed by atoms with van der Waals surface area (Å²) < 4.78 is 32.2. The number of nitriles is 1. The van der Waals surface area contributed by atoms with Crippen molar-refractivity contribution in [1.82, 2.24) is 9.21 Å². The van der Waals surface area contributed by atoms with Crippen LogP contribution in [0.5, 0.6) is 5.75 Å². The highest BCUT2D eigenvalue weighted by Crippen LogP contribution is 2.20. The Bertz CT molecular complexity index is 995. The van der Waals surface area contributed by atoms with Crippen molar-refractivity contribution in [2.24, 2.45) is 0 Å². The maximum atomic E-state index is 12.7. The average molecular weight is 420 g/mol. The van der Waals surface area contributed by atoms with E-state index >= 15 is 0 Å². The van der Waals surface area contributed by atoms with Crippen LogP contribution in [0, 0.1) is 11.3 Å². The van der Waals surface area contributed by atoms with Gasteiger partial charge in [-0.3, -0.25) is 4.79 Å². The normalized spacial score (nSPS) is 15.1. The summed E-state index contributed by atoms with van der Waals surface area (Å²) in [7, 11) is -3.62. The van der Waals surface area contributed by atoms with Gasteiger partial charge in [-0.2, -0.15) is 9.57 Å². The number of hydrogen-bond donors (Lipinski definition) is 0. The van der Waals surface area contributed by atoms with Crippen LogP contribution in [0.2, 0.25) is 5.02 Å². The largest absolute Gasteiger partial charge is 0.482 e. The quantitative estimate of drug-likeness (QED) is 0.740. The first kappa shape index (κ1) is 20.1. The van der Waals surface area contributed by atoms with Crippen molar-refractivity contribution >= 4 is 27.5 Å². The number of benzene rings is 2. The molecule has 1 amide bonds.